The number of rotatable bonds is 7. The summed E-state index contributed by atoms with van der Waals surface area (Å²) >= 11 is 0. The fraction of sp³-hybridized carbons (Fsp3) is 0.400. The maximum atomic E-state index is 5.14. The normalized spacial score (nSPS) is 11.8. The van der Waals surface area contributed by atoms with Crippen LogP contribution in [0.3, 0.4) is 0 Å². The molecule has 1 heterocycles. The highest BCUT2D eigenvalue weighted by Gasteiger charge is 2.04. The second kappa shape index (κ2) is 7.42. The van der Waals surface area contributed by atoms with Crippen LogP contribution in [0.2, 0.25) is 0 Å². The van der Waals surface area contributed by atoms with E-state index in [0.29, 0.717) is 24.4 Å². The molecule has 1 atom stereocenters. The van der Waals surface area contributed by atoms with Gasteiger partial charge in [-0.3, -0.25) is 0 Å². The minimum atomic E-state index is 0.323. The average Bonchev–Trinajstić information content (AvgIpc) is 2.53. The molecule has 1 aromatic heterocycles. The number of anilines is 2. The van der Waals surface area contributed by atoms with Crippen molar-refractivity contribution in [1.82, 2.24) is 15.2 Å². The van der Waals surface area contributed by atoms with Gasteiger partial charge in [-0.2, -0.15) is 10.1 Å². The lowest BCUT2D eigenvalue weighted by Crippen LogP contribution is -2.16. The zero-order chi connectivity index (χ0) is 15.1. The van der Waals surface area contributed by atoms with E-state index in [1.54, 1.807) is 13.3 Å². The number of ether oxygens (including phenoxy) is 1. The van der Waals surface area contributed by atoms with Crippen LogP contribution in [-0.4, -0.2) is 28.3 Å². The molecule has 2 rings (SSSR count). The second-order valence-electron chi connectivity index (χ2n) is 4.82. The molecule has 0 aliphatic carbocycles. The summed E-state index contributed by atoms with van der Waals surface area (Å²) in [4.78, 5) is 4.39. The molecular formula is C15H21N5O. The van der Waals surface area contributed by atoms with Crippen LogP contribution in [0.25, 0.3) is 0 Å². The van der Waals surface area contributed by atoms with Crippen molar-refractivity contribution in [3.8, 4) is 5.75 Å². The second-order valence-corrected chi connectivity index (χ2v) is 4.82. The molecule has 0 spiro atoms. The summed E-state index contributed by atoms with van der Waals surface area (Å²) in [5.74, 6) is 2.10. The SMILES string of the molecule is CCC(C)Nc1nncc(NCc2ccc(OC)cc2)n1. The van der Waals surface area contributed by atoms with Gasteiger partial charge in [0.25, 0.3) is 0 Å². The molecule has 0 saturated carbocycles. The van der Waals surface area contributed by atoms with Crippen LogP contribution in [-0.2, 0) is 6.54 Å². The molecule has 0 aliphatic rings. The van der Waals surface area contributed by atoms with Crippen molar-refractivity contribution < 1.29 is 4.74 Å². The fourth-order valence-electron chi connectivity index (χ4n) is 1.71. The van der Waals surface area contributed by atoms with Gasteiger partial charge in [0.2, 0.25) is 5.95 Å². The zero-order valence-electron chi connectivity index (χ0n) is 12.6. The number of hydrogen-bond acceptors (Lipinski definition) is 6. The molecule has 0 aliphatic heterocycles. The highest BCUT2D eigenvalue weighted by Crippen LogP contribution is 2.13. The fourth-order valence-corrected chi connectivity index (χ4v) is 1.71. The lowest BCUT2D eigenvalue weighted by molar-refractivity contribution is 0.414. The van der Waals surface area contributed by atoms with Crippen LogP contribution < -0.4 is 15.4 Å². The highest BCUT2D eigenvalue weighted by molar-refractivity contribution is 5.38. The third-order valence-corrected chi connectivity index (χ3v) is 3.18. The first-order valence-electron chi connectivity index (χ1n) is 7.04. The standard InChI is InChI=1S/C15H21N5O/c1-4-11(2)18-15-19-14(10-17-20-15)16-9-12-5-7-13(21-3)8-6-12/h5-8,10-11H,4,9H2,1-3H3,(H2,16,18,19,20). The van der Waals surface area contributed by atoms with Crippen molar-refractivity contribution in [2.45, 2.75) is 32.9 Å². The minimum Gasteiger partial charge on any atom is -0.497 e. The van der Waals surface area contributed by atoms with Crippen molar-refractivity contribution in [2.75, 3.05) is 17.7 Å². The molecule has 6 nitrogen and oxygen atoms in total. The molecule has 112 valence electrons. The largest absolute Gasteiger partial charge is 0.497 e. The summed E-state index contributed by atoms with van der Waals surface area (Å²) in [7, 11) is 1.66. The van der Waals surface area contributed by atoms with Gasteiger partial charge >= 0.3 is 0 Å². The minimum absolute atomic E-state index is 0.323. The van der Waals surface area contributed by atoms with Crippen molar-refractivity contribution in [3.63, 3.8) is 0 Å². The first kappa shape index (κ1) is 15.0. The zero-order valence-corrected chi connectivity index (χ0v) is 12.6. The lowest BCUT2D eigenvalue weighted by Gasteiger charge is -2.11. The first-order valence-corrected chi connectivity index (χ1v) is 7.04. The third-order valence-electron chi connectivity index (χ3n) is 3.18. The molecule has 6 heteroatoms. The summed E-state index contributed by atoms with van der Waals surface area (Å²) in [6, 6.07) is 8.22. The molecule has 21 heavy (non-hydrogen) atoms. The molecule has 1 aromatic carbocycles. The van der Waals surface area contributed by atoms with Crippen LogP contribution in [0.15, 0.2) is 30.5 Å². The number of benzene rings is 1. The van der Waals surface area contributed by atoms with Gasteiger partial charge in [0, 0.05) is 12.6 Å². The summed E-state index contributed by atoms with van der Waals surface area (Å²) in [5.41, 5.74) is 1.14. The van der Waals surface area contributed by atoms with E-state index in [9.17, 15) is 0 Å². The molecule has 0 saturated heterocycles. The third kappa shape index (κ3) is 4.59. The quantitative estimate of drug-likeness (QED) is 0.816. The van der Waals surface area contributed by atoms with Crippen molar-refractivity contribution in [2.24, 2.45) is 0 Å². The van der Waals surface area contributed by atoms with Gasteiger partial charge in [-0.05, 0) is 31.0 Å². The predicted octanol–water partition coefficient (Wildman–Crippen LogP) is 2.70. The summed E-state index contributed by atoms with van der Waals surface area (Å²) in [6.07, 6.45) is 2.62. The Morgan fingerprint density at radius 2 is 2.00 bits per heavy atom. The van der Waals surface area contributed by atoms with E-state index in [0.717, 1.165) is 17.7 Å². The Labute approximate surface area is 125 Å². The van der Waals surface area contributed by atoms with Gasteiger partial charge in [0.1, 0.15) is 5.75 Å². The maximum absolute atomic E-state index is 5.14. The van der Waals surface area contributed by atoms with Gasteiger partial charge in [-0.1, -0.05) is 19.1 Å². The summed E-state index contributed by atoms with van der Waals surface area (Å²) in [5, 5.41) is 14.4. The van der Waals surface area contributed by atoms with Crippen molar-refractivity contribution >= 4 is 11.8 Å². The van der Waals surface area contributed by atoms with E-state index < -0.39 is 0 Å². The van der Waals surface area contributed by atoms with Crippen LogP contribution in [0, 0.1) is 0 Å². The lowest BCUT2D eigenvalue weighted by atomic mass is 10.2. The van der Waals surface area contributed by atoms with Gasteiger partial charge in [0.05, 0.1) is 13.3 Å². The molecule has 0 radical (unpaired) electrons. The topological polar surface area (TPSA) is 72.0 Å². The molecule has 0 amide bonds. The Balaban J connectivity index is 1.94. The Kier molecular flexibility index (Phi) is 5.31. The van der Waals surface area contributed by atoms with E-state index in [1.807, 2.05) is 24.3 Å². The van der Waals surface area contributed by atoms with E-state index in [4.69, 9.17) is 4.74 Å². The smallest absolute Gasteiger partial charge is 0.244 e. The predicted molar refractivity (Wildman–Crippen MR) is 83.5 cm³/mol. The van der Waals surface area contributed by atoms with Gasteiger partial charge in [0.15, 0.2) is 5.82 Å². The Hall–Kier alpha value is -2.37. The number of nitrogens with one attached hydrogen (secondary N) is 2. The molecule has 2 aromatic rings. The van der Waals surface area contributed by atoms with Crippen LogP contribution >= 0.6 is 0 Å². The summed E-state index contributed by atoms with van der Waals surface area (Å²) < 4.78 is 5.14. The first-order chi connectivity index (χ1) is 10.2. The van der Waals surface area contributed by atoms with Gasteiger partial charge < -0.3 is 15.4 Å². The van der Waals surface area contributed by atoms with Crippen LogP contribution in [0.4, 0.5) is 11.8 Å². The van der Waals surface area contributed by atoms with E-state index in [2.05, 4.69) is 39.7 Å². The number of methoxy groups -OCH3 is 1. The van der Waals surface area contributed by atoms with Gasteiger partial charge in [-0.25, -0.2) is 0 Å². The molecule has 0 bridgehead atoms. The average molecular weight is 287 g/mol. The van der Waals surface area contributed by atoms with E-state index in [1.165, 1.54) is 0 Å². The van der Waals surface area contributed by atoms with E-state index >= 15 is 0 Å². The van der Waals surface area contributed by atoms with Crippen LogP contribution in [0.5, 0.6) is 5.75 Å². The molecule has 1 unspecified atom stereocenters. The Morgan fingerprint density at radius 3 is 2.67 bits per heavy atom. The molecular weight excluding hydrogens is 266 g/mol. The number of aromatic nitrogens is 3. The van der Waals surface area contributed by atoms with Crippen LogP contribution in [0.1, 0.15) is 25.8 Å². The van der Waals surface area contributed by atoms with Gasteiger partial charge in [-0.15, -0.1) is 5.10 Å². The number of nitrogens with zero attached hydrogens (tertiary/aromatic N) is 3. The Bertz CT molecular complexity index is 558. The number of hydrogen-bond donors (Lipinski definition) is 2. The molecule has 0 fully saturated rings. The molecule has 2 N–H and O–H groups in total. The van der Waals surface area contributed by atoms with Crippen molar-refractivity contribution in [1.29, 1.82) is 0 Å². The maximum Gasteiger partial charge on any atom is 0.244 e. The Morgan fingerprint density at radius 1 is 1.24 bits per heavy atom. The monoisotopic (exact) mass is 287 g/mol. The summed E-state index contributed by atoms with van der Waals surface area (Å²) in [6.45, 7) is 4.86. The highest BCUT2D eigenvalue weighted by atomic mass is 16.5. The van der Waals surface area contributed by atoms with E-state index in [-0.39, 0.29) is 0 Å². The van der Waals surface area contributed by atoms with Crippen molar-refractivity contribution in [3.05, 3.63) is 36.0 Å².